The second kappa shape index (κ2) is 5.49. The van der Waals surface area contributed by atoms with Gasteiger partial charge in [-0.25, -0.2) is 4.39 Å². The van der Waals surface area contributed by atoms with Gasteiger partial charge in [-0.3, -0.25) is 4.79 Å². The highest BCUT2D eigenvalue weighted by atomic mass is 19.1. The first-order chi connectivity index (χ1) is 9.10. The zero-order valence-electron chi connectivity index (χ0n) is 9.84. The first kappa shape index (κ1) is 13.0. The summed E-state index contributed by atoms with van der Waals surface area (Å²) in [5.74, 6) is -0.883. The van der Waals surface area contributed by atoms with Crippen molar-refractivity contribution in [3.63, 3.8) is 0 Å². The summed E-state index contributed by atoms with van der Waals surface area (Å²) in [4.78, 5) is 11.4. The molecular formula is C14H11FO4. The molecule has 0 aliphatic carbocycles. The fourth-order valence-corrected chi connectivity index (χ4v) is 1.49. The van der Waals surface area contributed by atoms with Gasteiger partial charge in [-0.2, -0.15) is 0 Å². The van der Waals surface area contributed by atoms with Crippen LogP contribution in [0.2, 0.25) is 0 Å². The van der Waals surface area contributed by atoms with Crippen molar-refractivity contribution in [1.29, 1.82) is 0 Å². The van der Waals surface area contributed by atoms with Crippen LogP contribution in [0.3, 0.4) is 0 Å². The van der Waals surface area contributed by atoms with E-state index in [1.165, 1.54) is 30.3 Å². The second-order valence-corrected chi connectivity index (χ2v) is 3.83. The number of hydrogen-bond donors (Lipinski definition) is 2. The Hall–Kier alpha value is -2.40. The maximum atomic E-state index is 12.7. The quantitative estimate of drug-likeness (QED) is 0.889. The van der Waals surface area contributed by atoms with Gasteiger partial charge in [0.2, 0.25) is 11.2 Å². The van der Waals surface area contributed by atoms with Crippen LogP contribution in [0.25, 0.3) is 12.2 Å². The molecular weight excluding hydrogens is 251 g/mol. The molecule has 1 heterocycles. The number of benzene rings is 1. The number of rotatable bonds is 3. The van der Waals surface area contributed by atoms with Crippen molar-refractivity contribution in [2.45, 2.75) is 6.61 Å². The lowest BCUT2D eigenvalue weighted by Crippen LogP contribution is -2.02. The summed E-state index contributed by atoms with van der Waals surface area (Å²) in [5, 5.41) is 18.5. The second-order valence-electron chi connectivity index (χ2n) is 3.83. The molecule has 0 bridgehead atoms. The minimum absolute atomic E-state index is 0.0547. The molecule has 0 aliphatic rings. The Bertz CT molecular complexity index is 656. The van der Waals surface area contributed by atoms with E-state index < -0.39 is 17.8 Å². The van der Waals surface area contributed by atoms with Gasteiger partial charge in [0.05, 0.1) is 0 Å². The van der Waals surface area contributed by atoms with Crippen LogP contribution in [0.15, 0.2) is 39.5 Å². The van der Waals surface area contributed by atoms with Gasteiger partial charge in [0, 0.05) is 6.07 Å². The zero-order chi connectivity index (χ0) is 13.8. The number of aliphatic hydroxyl groups is 1. The Balaban J connectivity index is 2.35. The molecule has 0 aliphatic heterocycles. The van der Waals surface area contributed by atoms with E-state index in [4.69, 9.17) is 9.52 Å². The molecule has 5 heteroatoms. The van der Waals surface area contributed by atoms with E-state index in [1.807, 2.05) is 0 Å². The fraction of sp³-hybridized carbons (Fsp3) is 0.0714. The molecule has 0 spiro atoms. The highest BCUT2D eigenvalue weighted by molar-refractivity contribution is 5.69. The van der Waals surface area contributed by atoms with Crippen LogP contribution >= 0.6 is 0 Å². The summed E-state index contributed by atoms with van der Waals surface area (Å²) < 4.78 is 17.8. The molecule has 1 aromatic carbocycles. The van der Waals surface area contributed by atoms with Gasteiger partial charge in [-0.05, 0) is 23.8 Å². The standard InChI is InChI=1S/C14H11FO4/c15-10-4-1-9(2-5-10)3-6-13-14(18)12(17)7-11(8-16)19-13/h1-7,16,18H,8H2/b6-3+. The summed E-state index contributed by atoms with van der Waals surface area (Å²) in [7, 11) is 0. The third kappa shape index (κ3) is 3.08. The lowest BCUT2D eigenvalue weighted by Gasteiger charge is -2.01. The molecule has 0 fully saturated rings. The van der Waals surface area contributed by atoms with Crippen molar-refractivity contribution < 1.29 is 19.0 Å². The average molecular weight is 262 g/mol. The Morgan fingerprint density at radius 2 is 1.89 bits per heavy atom. The van der Waals surface area contributed by atoms with Crippen LogP contribution in [0.5, 0.6) is 5.75 Å². The largest absolute Gasteiger partial charge is 0.502 e. The van der Waals surface area contributed by atoms with Gasteiger partial charge in [-0.15, -0.1) is 0 Å². The van der Waals surface area contributed by atoms with E-state index in [0.29, 0.717) is 5.56 Å². The third-order valence-electron chi connectivity index (χ3n) is 2.45. The maximum Gasteiger partial charge on any atom is 0.227 e. The molecule has 0 amide bonds. The van der Waals surface area contributed by atoms with E-state index >= 15 is 0 Å². The van der Waals surface area contributed by atoms with E-state index in [9.17, 15) is 14.3 Å². The molecule has 0 saturated carbocycles. The lowest BCUT2D eigenvalue weighted by atomic mass is 10.2. The molecule has 0 radical (unpaired) electrons. The minimum Gasteiger partial charge on any atom is -0.502 e. The van der Waals surface area contributed by atoms with E-state index in [0.717, 1.165) is 6.07 Å². The third-order valence-corrected chi connectivity index (χ3v) is 2.45. The first-order valence-corrected chi connectivity index (χ1v) is 5.50. The maximum absolute atomic E-state index is 12.7. The molecule has 1 aromatic heterocycles. The normalized spacial score (nSPS) is 11.1. The topological polar surface area (TPSA) is 70.7 Å². The molecule has 98 valence electrons. The van der Waals surface area contributed by atoms with E-state index in [-0.39, 0.29) is 17.3 Å². The average Bonchev–Trinajstić information content (AvgIpc) is 2.42. The smallest absolute Gasteiger partial charge is 0.227 e. The summed E-state index contributed by atoms with van der Waals surface area (Å²) in [5.41, 5.74) is 0.0481. The molecule has 2 rings (SSSR count). The Morgan fingerprint density at radius 1 is 1.21 bits per heavy atom. The number of aliphatic hydroxyl groups excluding tert-OH is 1. The summed E-state index contributed by atoms with van der Waals surface area (Å²) in [6.45, 7) is -0.438. The molecule has 0 unspecified atom stereocenters. The summed E-state index contributed by atoms with van der Waals surface area (Å²) in [6, 6.07) is 6.68. The van der Waals surface area contributed by atoms with Gasteiger partial charge >= 0.3 is 0 Å². The Labute approximate surface area is 108 Å². The highest BCUT2D eigenvalue weighted by Crippen LogP contribution is 2.17. The number of hydrogen-bond acceptors (Lipinski definition) is 4. The first-order valence-electron chi connectivity index (χ1n) is 5.50. The van der Waals surface area contributed by atoms with Crippen LogP contribution in [-0.2, 0) is 6.61 Å². The van der Waals surface area contributed by atoms with Crippen LogP contribution in [0, 0.1) is 5.82 Å². The summed E-state index contributed by atoms with van der Waals surface area (Å²) >= 11 is 0. The highest BCUT2D eigenvalue weighted by Gasteiger charge is 2.07. The number of halogens is 1. The monoisotopic (exact) mass is 262 g/mol. The predicted octanol–water partition coefficient (Wildman–Crippen LogP) is 2.15. The van der Waals surface area contributed by atoms with Crippen LogP contribution in [0.1, 0.15) is 17.1 Å². The van der Waals surface area contributed by atoms with Crippen molar-refractivity contribution in [2.75, 3.05) is 0 Å². The molecule has 2 N–H and O–H groups in total. The molecule has 2 aromatic rings. The van der Waals surface area contributed by atoms with Gasteiger partial charge < -0.3 is 14.6 Å². The Kier molecular flexibility index (Phi) is 3.77. The molecule has 0 saturated heterocycles. The van der Waals surface area contributed by atoms with E-state index in [2.05, 4.69) is 0 Å². The van der Waals surface area contributed by atoms with Gasteiger partial charge in [0.15, 0.2) is 5.76 Å². The summed E-state index contributed by atoms with van der Waals surface area (Å²) in [6.07, 6.45) is 2.93. The predicted molar refractivity (Wildman–Crippen MR) is 67.9 cm³/mol. The van der Waals surface area contributed by atoms with Gasteiger partial charge in [-0.1, -0.05) is 18.2 Å². The fourth-order valence-electron chi connectivity index (χ4n) is 1.49. The number of aromatic hydroxyl groups is 1. The lowest BCUT2D eigenvalue weighted by molar-refractivity contribution is 0.240. The SMILES string of the molecule is O=c1cc(CO)oc(/C=C/c2ccc(F)cc2)c1O. The van der Waals surface area contributed by atoms with Gasteiger partial charge in [0.1, 0.15) is 18.2 Å². The molecule has 19 heavy (non-hydrogen) atoms. The van der Waals surface area contributed by atoms with Crippen LogP contribution in [-0.4, -0.2) is 10.2 Å². The molecule has 4 nitrogen and oxygen atoms in total. The van der Waals surface area contributed by atoms with Crippen molar-refractivity contribution in [3.8, 4) is 5.75 Å². The van der Waals surface area contributed by atoms with Crippen molar-refractivity contribution in [1.82, 2.24) is 0 Å². The van der Waals surface area contributed by atoms with Crippen molar-refractivity contribution in [2.24, 2.45) is 0 Å². The Morgan fingerprint density at radius 3 is 2.53 bits per heavy atom. The van der Waals surface area contributed by atoms with Crippen LogP contribution in [0.4, 0.5) is 4.39 Å². The van der Waals surface area contributed by atoms with E-state index in [1.54, 1.807) is 6.08 Å². The van der Waals surface area contributed by atoms with Crippen molar-refractivity contribution >= 4 is 12.2 Å². The molecule has 0 atom stereocenters. The van der Waals surface area contributed by atoms with Crippen molar-refractivity contribution in [3.05, 3.63) is 63.5 Å². The minimum atomic E-state index is -0.631. The zero-order valence-corrected chi connectivity index (χ0v) is 9.84. The van der Waals surface area contributed by atoms with Gasteiger partial charge in [0.25, 0.3) is 0 Å². The van der Waals surface area contributed by atoms with Crippen LogP contribution < -0.4 is 5.43 Å².